The molecule has 1 saturated carbocycles. The Labute approximate surface area is 92.3 Å². The molecule has 4 nitrogen and oxygen atoms in total. The van der Waals surface area contributed by atoms with E-state index in [4.69, 9.17) is 5.73 Å². The highest BCUT2D eigenvalue weighted by molar-refractivity contribution is 5.40. The Morgan fingerprint density at radius 2 is 2.06 bits per heavy atom. The van der Waals surface area contributed by atoms with Crippen LogP contribution in [0.3, 0.4) is 0 Å². The smallest absolute Gasteiger partial charge is 0.283 e. The van der Waals surface area contributed by atoms with Crippen molar-refractivity contribution in [2.24, 2.45) is 11.7 Å². The normalized spacial score (nSPS) is 17.5. The van der Waals surface area contributed by atoms with E-state index in [1.807, 2.05) is 0 Å². The first-order valence-corrected chi connectivity index (χ1v) is 5.27. The van der Waals surface area contributed by atoms with Crippen molar-refractivity contribution in [2.45, 2.75) is 25.3 Å². The summed E-state index contributed by atoms with van der Waals surface area (Å²) in [6.07, 6.45) is 2.29. The van der Waals surface area contributed by atoms with Crippen LogP contribution in [-0.4, -0.2) is 22.6 Å². The molecule has 1 aliphatic carbocycles. The van der Waals surface area contributed by atoms with Crippen LogP contribution in [0.15, 0.2) is 12.4 Å². The molecule has 0 bridgehead atoms. The first-order valence-electron chi connectivity index (χ1n) is 5.27. The average Bonchev–Trinajstić information content (AvgIpc) is 3.10. The van der Waals surface area contributed by atoms with Crippen molar-refractivity contribution in [3.05, 3.63) is 18.1 Å². The Morgan fingerprint density at radius 3 is 2.69 bits per heavy atom. The molecular formula is C10H14F2N4. The first-order chi connectivity index (χ1) is 7.68. The Balaban J connectivity index is 1.97. The number of alkyl halides is 2. The van der Waals surface area contributed by atoms with E-state index in [9.17, 15) is 8.78 Å². The van der Waals surface area contributed by atoms with Crippen LogP contribution < -0.4 is 11.1 Å². The fraction of sp³-hybridized carbons (Fsp3) is 0.600. The molecule has 1 unspecified atom stereocenters. The Kier molecular flexibility index (Phi) is 3.28. The van der Waals surface area contributed by atoms with Crippen molar-refractivity contribution in [3.8, 4) is 0 Å². The van der Waals surface area contributed by atoms with Crippen LogP contribution in [0.25, 0.3) is 0 Å². The van der Waals surface area contributed by atoms with E-state index in [1.54, 1.807) is 0 Å². The van der Waals surface area contributed by atoms with Gasteiger partial charge in [-0.05, 0) is 18.8 Å². The van der Waals surface area contributed by atoms with Gasteiger partial charge in [0.2, 0.25) is 0 Å². The molecule has 1 heterocycles. The minimum absolute atomic E-state index is 0.00697. The molecule has 0 aliphatic heterocycles. The molecule has 0 radical (unpaired) electrons. The maximum Gasteiger partial charge on any atom is 0.283 e. The Hall–Kier alpha value is -1.30. The number of hydrogen-bond acceptors (Lipinski definition) is 4. The van der Waals surface area contributed by atoms with E-state index in [0.29, 0.717) is 12.5 Å². The van der Waals surface area contributed by atoms with E-state index < -0.39 is 6.43 Å². The third-order valence-electron chi connectivity index (χ3n) is 2.67. The molecule has 1 aromatic rings. The molecule has 1 fully saturated rings. The lowest BCUT2D eigenvalue weighted by Crippen LogP contribution is -2.31. The fourth-order valence-electron chi connectivity index (χ4n) is 1.55. The van der Waals surface area contributed by atoms with Crippen LogP contribution in [0.4, 0.5) is 14.6 Å². The van der Waals surface area contributed by atoms with Gasteiger partial charge in [-0.15, -0.1) is 0 Å². The van der Waals surface area contributed by atoms with Crippen LogP contribution in [0.2, 0.25) is 0 Å². The van der Waals surface area contributed by atoms with Gasteiger partial charge < -0.3 is 11.1 Å². The number of nitrogens with two attached hydrogens (primary N) is 1. The van der Waals surface area contributed by atoms with Gasteiger partial charge in [0.15, 0.2) is 5.82 Å². The molecule has 6 heteroatoms. The van der Waals surface area contributed by atoms with Gasteiger partial charge in [-0.2, -0.15) is 0 Å². The lowest BCUT2D eigenvalue weighted by Gasteiger charge is -2.13. The highest BCUT2D eigenvalue weighted by atomic mass is 19.3. The molecule has 1 aliphatic rings. The van der Waals surface area contributed by atoms with Gasteiger partial charge in [-0.3, -0.25) is 0 Å². The predicted molar refractivity (Wildman–Crippen MR) is 56.2 cm³/mol. The summed E-state index contributed by atoms with van der Waals surface area (Å²) in [5.74, 6) is 0.660. The van der Waals surface area contributed by atoms with Gasteiger partial charge in [-0.25, -0.2) is 18.7 Å². The summed E-state index contributed by atoms with van der Waals surface area (Å²) in [4.78, 5) is 7.44. The second-order valence-corrected chi connectivity index (χ2v) is 3.97. The molecule has 1 aromatic heterocycles. The highest BCUT2D eigenvalue weighted by Crippen LogP contribution is 2.31. The maximum atomic E-state index is 12.5. The van der Waals surface area contributed by atoms with E-state index in [-0.39, 0.29) is 17.6 Å². The number of hydrogen-bond donors (Lipinski definition) is 2. The molecule has 0 amide bonds. The van der Waals surface area contributed by atoms with Crippen molar-refractivity contribution in [1.82, 2.24) is 9.97 Å². The molecular weight excluding hydrogens is 214 g/mol. The standard InChI is InChI=1S/C10H14F2N4/c11-9(12)8-10(15-4-3-14-8)16-5-7(13)6-1-2-6/h3-4,6-7,9H,1-2,5,13H2,(H,15,16). The zero-order valence-electron chi connectivity index (χ0n) is 8.74. The Bertz CT molecular complexity index is 354. The van der Waals surface area contributed by atoms with Crippen LogP contribution in [0.1, 0.15) is 25.0 Å². The predicted octanol–water partition coefficient (Wildman–Crippen LogP) is 1.56. The van der Waals surface area contributed by atoms with Crippen molar-refractivity contribution >= 4 is 5.82 Å². The first kappa shape index (κ1) is 11.2. The van der Waals surface area contributed by atoms with E-state index in [0.717, 1.165) is 12.8 Å². The molecule has 0 saturated heterocycles. The summed E-state index contributed by atoms with van der Waals surface area (Å²) in [5, 5.41) is 2.84. The lowest BCUT2D eigenvalue weighted by atomic mass is 10.2. The molecule has 2 rings (SSSR count). The second kappa shape index (κ2) is 4.69. The number of halogens is 2. The number of rotatable bonds is 5. The monoisotopic (exact) mass is 228 g/mol. The summed E-state index contributed by atoms with van der Waals surface area (Å²) in [6, 6.07) is 0.00697. The van der Waals surface area contributed by atoms with E-state index in [1.165, 1.54) is 12.4 Å². The van der Waals surface area contributed by atoms with Gasteiger partial charge in [0.25, 0.3) is 6.43 Å². The summed E-state index contributed by atoms with van der Waals surface area (Å²) >= 11 is 0. The third kappa shape index (κ3) is 2.63. The molecule has 16 heavy (non-hydrogen) atoms. The van der Waals surface area contributed by atoms with Gasteiger partial charge in [0, 0.05) is 25.0 Å². The molecule has 3 N–H and O–H groups in total. The fourth-order valence-corrected chi connectivity index (χ4v) is 1.55. The molecule has 88 valence electrons. The number of anilines is 1. The Morgan fingerprint density at radius 1 is 1.38 bits per heavy atom. The highest BCUT2D eigenvalue weighted by Gasteiger charge is 2.28. The van der Waals surface area contributed by atoms with Crippen molar-refractivity contribution in [3.63, 3.8) is 0 Å². The number of aromatic nitrogens is 2. The van der Waals surface area contributed by atoms with Crippen molar-refractivity contribution in [2.75, 3.05) is 11.9 Å². The summed E-state index contributed by atoms with van der Waals surface area (Å²) in [7, 11) is 0. The van der Waals surface area contributed by atoms with Gasteiger partial charge in [-0.1, -0.05) is 0 Å². The van der Waals surface area contributed by atoms with E-state index >= 15 is 0 Å². The van der Waals surface area contributed by atoms with Gasteiger partial charge >= 0.3 is 0 Å². The zero-order chi connectivity index (χ0) is 11.5. The van der Waals surface area contributed by atoms with Crippen LogP contribution in [0, 0.1) is 5.92 Å². The van der Waals surface area contributed by atoms with Crippen LogP contribution in [0.5, 0.6) is 0 Å². The van der Waals surface area contributed by atoms with E-state index in [2.05, 4.69) is 15.3 Å². The summed E-state index contributed by atoms with van der Waals surface area (Å²) in [6.45, 7) is 0.461. The third-order valence-corrected chi connectivity index (χ3v) is 2.67. The van der Waals surface area contributed by atoms with Crippen LogP contribution >= 0.6 is 0 Å². The summed E-state index contributed by atoms with van der Waals surface area (Å²) in [5.41, 5.74) is 5.54. The topological polar surface area (TPSA) is 63.8 Å². The molecule has 0 spiro atoms. The quantitative estimate of drug-likeness (QED) is 0.802. The van der Waals surface area contributed by atoms with Crippen molar-refractivity contribution in [1.29, 1.82) is 0 Å². The minimum Gasteiger partial charge on any atom is -0.367 e. The van der Waals surface area contributed by atoms with Crippen molar-refractivity contribution < 1.29 is 8.78 Å². The summed E-state index contributed by atoms with van der Waals surface area (Å²) < 4.78 is 25.1. The number of nitrogens with one attached hydrogen (secondary N) is 1. The minimum atomic E-state index is -2.62. The van der Waals surface area contributed by atoms with Gasteiger partial charge in [0.05, 0.1) is 0 Å². The molecule has 1 atom stereocenters. The maximum absolute atomic E-state index is 12.5. The lowest BCUT2D eigenvalue weighted by molar-refractivity contribution is 0.146. The SMILES string of the molecule is NC(CNc1nccnc1C(F)F)C1CC1. The second-order valence-electron chi connectivity index (χ2n) is 3.97. The van der Waals surface area contributed by atoms with Gasteiger partial charge in [0.1, 0.15) is 5.69 Å². The number of nitrogens with zero attached hydrogens (tertiary/aromatic N) is 2. The zero-order valence-corrected chi connectivity index (χ0v) is 8.74. The molecule has 0 aromatic carbocycles. The largest absolute Gasteiger partial charge is 0.367 e. The van der Waals surface area contributed by atoms with Crippen LogP contribution in [-0.2, 0) is 0 Å². The average molecular weight is 228 g/mol.